The van der Waals surface area contributed by atoms with Gasteiger partial charge >= 0.3 is 0 Å². The normalized spacial score (nSPS) is 18.6. The highest BCUT2D eigenvalue weighted by atomic mass is 19.1. The van der Waals surface area contributed by atoms with Gasteiger partial charge in [0.25, 0.3) is 5.91 Å². The number of hydrogen-bond acceptors (Lipinski definition) is 4. The van der Waals surface area contributed by atoms with Crippen LogP contribution in [0.5, 0.6) is 0 Å². The summed E-state index contributed by atoms with van der Waals surface area (Å²) in [6, 6.07) is 16.0. The fraction of sp³-hybridized carbons (Fsp3) is 0.348. The van der Waals surface area contributed by atoms with E-state index in [-0.39, 0.29) is 24.2 Å². The molecule has 2 aromatic rings. The number of benzene rings is 2. The molecule has 0 radical (unpaired) electrons. The standard InChI is InChI=1S/C23H25FN4O2/c1-23(2)25-21(17-8-4-3-5-9-17)22(30)28(23)16-20(29)27-14-12-26(13-15-27)19-11-7-6-10-18(19)24/h3-11H,12-16H2,1-2H3. The molecule has 7 heteroatoms. The summed E-state index contributed by atoms with van der Waals surface area (Å²) in [7, 11) is 0. The van der Waals surface area contributed by atoms with Crippen molar-refractivity contribution in [1.82, 2.24) is 9.80 Å². The van der Waals surface area contributed by atoms with Gasteiger partial charge in [0.15, 0.2) is 0 Å². The first-order valence-electron chi connectivity index (χ1n) is 10.1. The zero-order valence-corrected chi connectivity index (χ0v) is 17.2. The van der Waals surface area contributed by atoms with Crippen LogP contribution in [0.3, 0.4) is 0 Å². The van der Waals surface area contributed by atoms with Gasteiger partial charge in [0, 0.05) is 31.7 Å². The Balaban J connectivity index is 1.40. The zero-order valence-electron chi connectivity index (χ0n) is 17.2. The van der Waals surface area contributed by atoms with Crippen LogP contribution in [-0.4, -0.2) is 65.7 Å². The number of nitrogens with zero attached hydrogens (tertiary/aromatic N) is 4. The molecule has 2 aromatic carbocycles. The van der Waals surface area contributed by atoms with Gasteiger partial charge in [-0.2, -0.15) is 0 Å². The van der Waals surface area contributed by atoms with E-state index in [0.717, 1.165) is 5.56 Å². The number of halogens is 1. The molecule has 2 amide bonds. The fourth-order valence-electron chi connectivity index (χ4n) is 3.95. The number of carbonyl (C=O) groups is 2. The van der Waals surface area contributed by atoms with Crippen molar-refractivity contribution < 1.29 is 14.0 Å². The van der Waals surface area contributed by atoms with Crippen molar-refractivity contribution in [3.8, 4) is 0 Å². The van der Waals surface area contributed by atoms with Crippen LogP contribution in [0.15, 0.2) is 59.6 Å². The quantitative estimate of drug-likeness (QED) is 0.781. The Bertz CT molecular complexity index is 982. The number of anilines is 1. The Labute approximate surface area is 175 Å². The minimum absolute atomic E-state index is 0.0225. The molecule has 2 aliphatic heterocycles. The molecule has 0 aliphatic carbocycles. The Morgan fingerprint density at radius 2 is 1.63 bits per heavy atom. The van der Waals surface area contributed by atoms with E-state index in [2.05, 4.69) is 4.99 Å². The minimum atomic E-state index is -0.785. The van der Waals surface area contributed by atoms with E-state index < -0.39 is 5.66 Å². The van der Waals surface area contributed by atoms with Crippen molar-refractivity contribution in [3.63, 3.8) is 0 Å². The number of hydrogen-bond donors (Lipinski definition) is 0. The molecule has 0 aromatic heterocycles. The van der Waals surface area contributed by atoms with Crippen LogP contribution in [0.2, 0.25) is 0 Å². The summed E-state index contributed by atoms with van der Waals surface area (Å²) >= 11 is 0. The van der Waals surface area contributed by atoms with E-state index in [4.69, 9.17) is 0 Å². The van der Waals surface area contributed by atoms with E-state index >= 15 is 0 Å². The Morgan fingerprint density at radius 1 is 1.00 bits per heavy atom. The van der Waals surface area contributed by atoms with E-state index in [9.17, 15) is 14.0 Å². The van der Waals surface area contributed by atoms with Crippen molar-refractivity contribution in [2.75, 3.05) is 37.6 Å². The van der Waals surface area contributed by atoms with Crippen LogP contribution in [0, 0.1) is 5.82 Å². The summed E-state index contributed by atoms with van der Waals surface area (Å²) in [6.07, 6.45) is 0. The maximum atomic E-state index is 14.0. The van der Waals surface area contributed by atoms with Gasteiger partial charge in [0.1, 0.15) is 23.7 Å². The Hall–Kier alpha value is -3.22. The van der Waals surface area contributed by atoms with Gasteiger partial charge in [-0.15, -0.1) is 0 Å². The van der Waals surface area contributed by atoms with Crippen molar-refractivity contribution >= 4 is 23.2 Å². The maximum absolute atomic E-state index is 14.0. The molecule has 4 rings (SSSR count). The first-order valence-corrected chi connectivity index (χ1v) is 10.1. The molecule has 0 bridgehead atoms. The fourth-order valence-corrected chi connectivity index (χ4v) is 3.95. The van der Waals surface area contributed by atoms with Crippen LogP contribution in [0.1, 0.15) is 19.4 Å². The lowest BCUT2D eigenvalue weighted by molar-refractivity contribution is -0.140. The number of piperazine rings is 1. The Kier molecular flexibility index (Phi) is 5.28. The highest BCUT2D eigenvalue weighted by molar-refractivity contribution is 6.46. The van der Waals surface area contributed by atoms with Gasteiger partial charge in [-0.1, -0.05) is 42.5 Å². The molecule has 0 spiro atoms. The largest absolute Gasteiger partial charge is 0.366 e. The lowest BCUT2D eigenvalue weighted by atomic mass is 10.1. The summed E-state index contributed by atoms with van der Waals surface area (Å²) in [4.78, 5) is 35.7. The van der Waals surface area contributed by atoms with Gasteiger partial charge in [-0.25, -0.2) is 4.39 Å². The number of rotatable bonds is 4. The summed E-state index contributed by atoms with van der Waals surface area (Å²) in [5.74, 6) is -0.606. The van der Waals surface area contributed by atoms with Gasteiger partial charge in [0.05, 0.1) is 5.69 Å². The molecule has 30 heavy (non-hydrogen) atoms. The SMILES string of the molecule is CC1(C)N=C(c2ccccc2)C(=O)N1CC(=O)N1CCN(c2ccccc2F)CC1. The van der Waals surface area contributed by atoms with E-state index in [1.54, 1.807) is 23.1 Å². The molecule has 2 aliphatic rings. The number of aliphatic imine (C=N–C) groups is 1. The lowest BCUT2D eigenvalue weighted by Crippen LogP contribution is -2.54. The minimum Gasteiger partial charge on any atom is -0.366 e. The van der Waals surface area contributed by atoms with Crippen LogP contribution < -0.4 is 4.90 Å². The number of para-hydroxylation sites is 1. The predicted octanol–water partition coefficient (Wildman–Crippen LogP) is 2.54. The molecular formula is C23H25FN4O2. The van der Waals surface area contributed by atoms with Gasteiger partial charge < -0.3 is 14.7 Å². The summed E-state index contributed by atoms with van der Waals surface area (Å²) in [5.41, 5.74) is 0.913. The summed E-state index contributed by atoms with van der Waals surface area (Å²) in [5, 5.41) is 0. The molecule has 156 valence electrons. The zero-order chi connectivity index (χ0) is 21.3. The number of carbonyl (C=O) groups excluding carboxylic acids is 2. The second-order valence-electron chi connectivity index (χ2n) is 8.03. The third-order valence-electron chi connectivity index (χ3n) is 5.66. The maximum Gasteiger partial charge on any atom is 0.275 e. The second-order valence-corrected chi connectivity index (χ2v) is 8.03. The molecular weight excluding hydrogens is 383 g/mol. The molecule has 6 nitrogen and oxygen atoms in total. The van der Waals surface area contributed by atoms with Gasteiger partial charge in [-0.05, 0) is 26.0 Å². The average molecular weight is 408 g/mol. The molecule has 1 saturated heterocycles. The van der Waals surface area contributed by atoms with Gasteiger partial charge in [0.2, 0.25) is 5.91 Å². The van der Waals surface area contributed by atoms with Crippen molar-refractivity contribution in [3.05, 3.63) is 66.0 Å². The van der Waals surface area contributed by atoms with Crippen molar-refractivity contribution in [2.45, 2.75) is 19.5 Å². The first kappa shape index (κ1) is 20.1. The van der Waals surface area contributed by atoms with Crippen LogP contribution in [0.4, 0.5) is 10.1 Å². The van der Waals surface area contributed by atoms with E-state index in [1.807, 2.05) is 49.1 Å². The highest BCUT2D eigenvalue weighted by Crippen LogP contribution is 2.27. The van der Waals surface area contributed by atoms with Crippen LogP contribution in [0.25, 0.3) is 0 Å². The third kappa shape index (κ3) is 3.79. The first-order chi connectivity index (χ1) is 14.4. The smallest absolute Gasteiger partial charge is 0.275 e. The number of amides is 2. The summed E-state index contributed by atoms with van der Waals surface area (Å²) in [6.45, 7) is 5.73. The summed E-state index contributed by atoms with van der Waals surface area (Å²) < 4.78 is 14.0. The Morgan fingerprint density at radius 3 is 2.30 bits per heavy atom. The topological polar surface area (TPSA) is 56.2 Å². The molecule has 1 fully saturated rings. The van der Waals surface area contributed by atoms with Crippen LogP contribution in [-0.2, 0) is 9.59 Å². The molecule has 2 heterocycles. The van der Waals surface area contributed by atoms with Crippen molar-refractivity contribution in [1.29, 1.82) is 0 Å². The lowest BCUT2D eigenvalue weighted by Gasteiger charge is -2.38. The highest BCUT2D eigenvalue weighted by Gasteiger charge is 2.42. The average Bonchev–Trinajstić information content (AvgIpc) is 2.98. The van der Waals surface area contributed by atoms with Gasteiger partial charge in [-0.3, -0.25) is 14.6 Å². The van der Waals surface area contributed by atoms with Crippen LogP contribution >= 0.6 is 0 Å². The molecule has 0 atom stereocenters. The second kappa shape index (κ2) is 7.89. The van der Waals surface area contributed by atoms with E-state index in [1.165, 1.54) is 11.0 Å². The molecule has 0 saturated carbocycles. The van der Waals surface area contributed by atoms with Crippen molar-refractivity contribution in [2.24, 2.45) is 4.99 Å². The van der Waals surface area contributed by atoms with E-state index in [0.29, 0.717) is 37.6 Å². The molecule has 0 unspecified atom stereocenters. The monoisotopic (exact) mass is 408 g/mol. The predicted molar refractivity (Wildman–Crippen MR) is 114 cm³/mol. The molecule has 0 N–H and O–H groups in total. The third-order valence-corrected chi connectivity index (χ3v) is 5.66.